The molecule has 4 aromatic rings. The van der Waals surface area contributed by atoms with E-state index in [0.29, 0.717) is 13.0 Å². The van der Waals surface area contributed by atoms with E-state index in [9.17, 15) is 4.79 Å². The molecule has 2 atom stereocenters. The monoisotopic (exact) mass is 494 g/mol. The predicted molar refractivity (Wildman–Crippen MR) is 145 cm³/mol. The van der Waals surface area contributed by atoms with Gasteiger partial charge in [-0.05, 0) is 66.3 Å². The third kappa shape index (κ3) is 5.95. The molecule has 0 spiro atoms. The number of aryl methyl sites for hydroxylation is 1. The largest absolute Gasteiger partial charge is 0.481 e. The Morgan fingerprint density at radius 2 is 1.92 bits per heavy atom. The number of fused-ring (bicyclic) bond motifs is 1. The number of nitrogens with zero attached hydrogens (tertiary/aromatic N) is 1. The Morgan fingerprint density at radius 3 is 2.68 bits per heavy atom. The first-order chi connectivity index (χ1) is 18.1. The fourth-order valence-corrected chi connectivity index (χ4v) is 5.15. The van der Waals surface area contributed by atoms with Gasteiger partial charge in [-0.25, -0.2) is 0 Å². The minimum atomic E-state index is -0.574. The summed E-state index contributed by atoms with van der Waals surface area (Å²) in [6, 6.07) is 29.5. The Kier molecular flexibility index (Phi) is 7.71. The van der Waals surface area contributed by atoms with Crippen molar-refractivity contribution in [2.45, 2.75) is 51.9 Å². The van der Waals surface area contributed by atoms with Crippen LogP contribution in [0.5, 0.6) is 5.75 Å². The molecule has 1 amide bonds. The number of benzene rings is 3. The maximum absolute atomic E-state index is 12.8. The van der Waals surface area contributed by atoms with E-state index in [-0.39, 0.29) is 11.9 Å². The summed E-state index contributed by atoms with van der Waals surface area (Å²) < 4.78 is 11.6. The fraction of sp³-hybridized carbons (Fsp3) is 0.281. The molecule has 1 N–H and O–H groups in total. The quantitative estimate of drug-likeness (QED) is 0.301. The average Bonchev–Trinajstić information content (AvgIpc) is 3.44. The highest BCUT2D eigenvalue weighted by Gasteiger charge is 2.30. The first kappa shape index (κ1) is 24.8. The second kappa shape index (κ2) is 11.5. The number of hydrogen-bond donors (Lipinski definition) is 1. The number of hydrogen-bond acceptors (Lipinski definition) is 4. The molecule has 190 valence electrons. The van der Waals surface area contributed by atoms with E-state index in [1.807, 2.05) is 25.1 Å². The number of furan rings is 1. The van der Waals surface area contributed by atoms with E-state index in [2.05, 4.69) is 83.9 Å². The smallest absolute Gasteiger partial charge is 0.261 e. The number of ether oxygens (including phenoxy) is 1. The maximum atomic E-state index is 12.8. The van der Waals surface area contributed by atoms with Gasteiger partial charge in [0.15, 0.2) is 6.10 Å². The lowest BCUT2D eigenvalue weighted by Crippen LogP contribution is -2.38. The summed E-state index contributed by atoms with van der Waals surface area (Å²) in [5.41, 5.74) is 6.43. The Bertz CT molecular complexity index is 1320. The highest BCUT2D eigenvalue weighted by atomic mass is 16.5. The number of nitrogens with one attached hydrogen (secondary N) is 1. The normalized spacial score (nSPS) is 16.1. The summed E-state index contributed by atoms with van der Waals surface area (Å²) in [6.07, 6.45) is 2.58. The molecule has 3 aromatic carbocycles. The molecule has 2 heterocycles. The third-order valence-electron chi connectivity index (χ3n) is 6.99. The molecule has 1 aliphatic heterocycles. The molecule has 5 heteroatoms. The summed E-state index contributed by atoms with van der Waals surface area (Å²) >= 11 is 0. The second-order valence-corrected chi connectivity index (χ2v) is 9.70. The van der Waals surface area contributed by atoms with Gasteiger partial charge in [-0.2, -0.15) is 0 Å². The van der Waals surface area contributed by atoms with Gasteiger partial charge in [0.1, 0.15) is 11.5 Å². The SMILES string of the molecule is CC[C@H](Oc1ccc2c(c1)[C@@H](c1ccccc1)N(Cc1cccc(C)c1)CC2)C(=O)NCc1ccco1. The van der Waals surface area contributed by atoms with Gasteiger partial charge in [0.05, 0.1) is 18.8 Å². The molecule has 0 saturated carbocycles. The van der Waals surface area contributed by atoms with Crippen LogP contribution in [0.25, 0.3) is 0 Å². The van der Waals surface area contributed by atoms with Crippen molar-refractivity contribution in [3.8, 4) is 5.75 Å². The van der Waals surface area contributed by atoms with Gasteiger partial charge in [0.2, 0.25) is 0 Å². The van der Waals surface area contributed by atoms with Crippen molar-refractivity contribution >= 4 is 5.91 Å². The van der Waals surface area contributed by atoms with Gasteiger partial charge >= 0.3 is 0 Å². The summed E-state index contributed by atoms with van der Waals surface area (Å²) in [5, 5.41) is 2.93. The number of amides is 1. The van der Waals surface area contributed by atoms with E-state index < -0.39 is 6.10 Å². The molecule has 0 bridgehead atoms. The second-order valence-electron chi connectivity index (χ2n) is 9.70. The molecule has 0 unspecified atom stereocenters. The molecular formula is C32H34N2O3. The van der Waals surface area contributed by atoms with E-state index >= 15 is 0 Å². The summed E-state index contributed by atoms with van der Waals surface area (Å²) in [4.78, 5) is 15.4. The zero-order valence-corrected chi connectivity index (χ0v) is 21.5. The zero-order chi connectivity index (χ0) is 25.6. The predicted octanol–water partition coefficient (Wildman–Crippen LogP) is 6.21. The van der Waals surface area contributed by atoms with Gasteiger partial charge in [-0.15, -0.1) is 0 Å². The lowest BCUT2D eigenvalue weighted by atomic mass is 9.87. The minimum absolute atomic E-state index is 0.113. The molecule has 0 saturated heterocycles. The lowest BCUT2D eigenvalue weighted by molar-refractivity contribution is -0.128. The van der Waals surface area contributed by atoms with Gasteiger partial charge in [0, 0.05) is 13.1 Å². The fourth-order valence-electron chi connectivity index (χ4n) is 5.15. The Hall–Kier alpha value is -3.83. The number of carbonyl (C=O) groups excluding carboxylic acids is 1. The van der Waals surface area contributed by atoms with E-state index in [1.54, 1.807) is 6.26 Å². The molecule has 5 nitrogen and oxygen atoms in total. The van der Waals surface area contributed by atoms with Crippen molar-refractivity contribution in [1.29, 1.82) is 0 Å². The summed E-state index contributed by atoms with van der Waals surface area (Å²) in [7, 11) is 0. The minimum Gasteiger partial charge on any atom is -0.481 e. The van der Waals surface area contributed by atoms with Crippen LogP contribution in [-0.2, 0) is 24.3 Å². The Balaban J connectivity index is 1.39. The van der Waals surface area contributed by atoms with Crippen molar-refractivity contribution < 1.29 is 13.9 Å². The number of rotatable bonds is 9. The van der Waals surface area contributed by atoms with Gasteiger partial charge in [-0.1, -0.05) is 73.2 Å². The van der Waals surface area contributed by atoms with Crippen LogP contribution >= 0.6 is 0 Å². The van der Waals surface area contributed by atoms with E-state index in [1.165, 1.54) is 27.8 Å². The standard InChI is InChI=1S/C32H34N2O3/c1-3-30(32(35)33-21-28-13-8-18-36-28)37-27-15-14-25-16-17-34(22-24-10-7-9-23(2)19-24)31(29(25)20-27)26-11-5-4-6-12-26/h4-15,18-20,30-31H,3,16-17,21-22H2,1-2H3,(H,33,35)/t30-,31+/m0/s1. The van der Waals surface area contributed by atoms with Crippen LogP contribution in [0.1, 0.15) is 53.0 Å². The Labute approximate surface area is 219 Å². The van der Waals surface area contributed by atoms with Crippen molar-refractivity contribution in [3.05, 3.63) is 125 Å². The summed E-state index contributed by atoms with van der Waals surface area (Å²) in [5.74, 6) is 1.30. The van der Waals surface area contributed by atoms with Crippen LogP contribution < -0.4 is 10.1 Å². The van der Waals surface area contributed by atoms with Crippen LogP contribution in [0.3, 0.4) is 0 Å². The first-order valence-corrected chi connectivity index (χ1v) is 13.0. The zero-order valence-electron chi connectivity index (χ0n) is 21.5. The lowest BCUT2D eigenvalue weighted by Gasteiger charge is -2.38. The number of carbonyl (C=O) groups is 1. The Morgan fingerprint density at radius 1 is 1.05 bits per heavy atom. The van der Waals surface area contributed by atoms with Crippen molar-refractivity contribution in [2.24, 2.45) is 0 Å². The van der Waals surface area contributed by atoms with Gasteiger partial charge in [-0.3, -0.25) is 9.69 Å². The molecule has 0 fully saturated rings. The third-order valence-corrected chi connectivity index (χ3v) is 6.99. The highest BCUT2D eigenvalue weighted by molar-refractivity contribution is 5.81. The molecule has 1 aliphatic rings. The van der Waals surface area contributed by atoms with Gasteiger partial charge < -0.3 is 14.5 Å². The molecular weight excluding hydrogens is 460 g/mol. The molecule has 0 aliphatic carbocycles. The van der Waals surface area contributed by atoms with Crippen molar-refractivity contribution in [2.75, 3.05) is 6.54 Å². The van der Waals surface area contributed by atoms with Crippen LogP contribution in [0, 0.1) is 6.92 Å². The van der Waals surface area contributed by atoms with E-state index in [4.69, 9.17) is 9.15 Å². The molecule has 1 aromatic heterocycles. The average molecular weight is 495 g/mol. The van der Waals surface area contributed by atoms with Crippen LogP contribution in [0.15, 0.2) is 95.6 Å². The van der Waals surface area contributed by atoms with Crippen LogP contribution in [-0.4, -0.2) is 23.5 Å². The summed E-state index contributed by atoms with van der Waals surface area (Å²) in [6.45, 7) is 6.31. The van der Waals surface area contributed by atoms with Crippen molar-refractivity contribution in [1.82, 2.24) is 10.2 Å². The van der Waals surface area contributed by atoms with Crippen LogP contribution in [0.2, 0.25) is 0 Å². The molecule has 37 heavy (non-hydrogen) atoms. The molecule has 0 radical (unpaired) electrons. The first-order valence-electron chi connectivity index (χ1n) is 13.0. The van der Waals surface area contributed by atoms with Crippen molar-refractivity contribution in [3.63, 3.8) is 0 Å². The topological polar surface area (TPSA) is 54.7 Å². The van der Waals surface area contributed by atoms with Crippen LogP contribution in [0.4, 0.5) is 0 Å². The van der Waals surface area contributed by atoms with Gasteiger partial charge in [0.25, 0.3) is 5.91 Å². The highest BCUT2D eigenvalue weighted by Crippen LogP contribution is 2.38. The molecule has 5 rings (SSSR count). The van der Waals surface area contributed by atoms with E-state index in [0.717, 1.165) is 31.0 Å². The maximum Gasteiger partial charge on any atom is 0.261 e.